The van der Waals surface area contributed by atoms with Gasteiger partial charge in [0.1, 0.15) is 11.5 Å². The number of aromatic nitrogens is 1. The van der Waals surface area contributed by atoms with Crippen molar-refractivity contribution in [2.75, 3.05) is 6.61 Å². The Labute approximate surface area is 139 Å². The Morgan fingerprint density at radius 2 is 1.91 bits per heavy atom. The van der Waals surface area contributed by atoms with Gasteiger partial charge >= 0.3 is 0 Å². The number of benzene rings is 2. The maximum absolute atomic E-state index is 9.00. The average molecular weight is 329 g/mol. The van der Waals surface area contributed by atoms with Crippen LogP contribution in [0.2, 0.25) is 5.02 Å². The van der Waals surface area contributed by atoms with Crippen molar-refractivity contribution in [1.29, 1.82) is 0 Å². The normalized spacial score (nSPS) is 12.3. The molecule has 5 heteroatoms. The monoisotopic (exact) mass is 328 g/mol. The third-order valence-electron chi connectivity index (χ3n) is 3.55. The van der Waals surface area contributed by atoms with Gasteiger partial charge in [0.05, 0.1) is 12.1 Å². The Hall–Kier alpha value is -2.14. The standard InChI is InChI=1S/C18H17ClN2O2/c19-13-3-6-16-17(10-13)21-8-7-18(16)23-15-4-1-12(2-5-15)9-14(20)11-22/h1-8,10,14,22H,9,11,20H2/t14-/m0/s1. The van der Waals surface area contributed by atoms with Crippen molar-refractivity contribution >= 4 is 22.5 Å². The number of pyridine rings is 1. The minimum atomic E-state index is -0.240. The molecule has 4 nitrogen and oxygen atoms in total. The van der Waals surface area contributed by atoms with Crippen LogP contribution in [0, 0.1) is 0 Å². The summed E-state index contributed by atoms with van der Waals surface area (Å²) in [7, 11) is 0. The Balaban J connectivity index is 1.82. The van der Waals surface area contributed by atoms with E-state index in [0.717, 1.165) is 28.0 Å². The van der Waals surface area contributed by atoms with Crippen LogP contribution in [-0.4, -0.2) is 22.7 Å². The number of aliphatic hydroxyl groups excluding tert-OH is 1. The number of hydrogen-bond donors (Lipinski definition) is 2. The lowest BCUT2D eigenvalue weighted by molar-refractivity contribution is 0.265. The molecule has 23 heavy (non-hydrogen) atoms. The van der Waals surface area contributed by atoms with Crippen LogP contribution >= 0.6 is 11.6 Å². The zero-order valence-electron chi connectivity index (χ0n) is 12.4. The van der Waals surface area contributed by atoms with Gasteiger partial charge < -0.3 is 15.6 Å². The summed E-state index contributed by atoms with van der Waals surface area (Å²) >= 11 is 5.99. The third kappa shape index (κ3) is 3.79. The third-order valence-corrected chi connectivity index (χ3v) is 3.78. The quantitative estimate of drug-likeness (QED) is 0.751. The van der Waals surface area contributed by atoms with Crippen LogP contribution in [0.1, 0.15) is 5.56 Å². The Bertz CT molecular complexity index is 806. The van der Waals surface area contributed by atoms with Gasteiger partial charge in [0, 0.05) is 22.6 Å². The molecule has 0 bridgehead atoms. The summed E-state index contributed by atoms with van der Waals surface area (Å²) in [6, 6.07) is 14.8. The Kier molecular flexibility index (Phi) is 4.76. The van der Waals surface area contributed by atoms with E-state index in [4.69, 9.17) is 27.2 Å². The first-order valence-electron chi connectivity index (χ1n) is 7.33. The van der Waals surface area contributed by atoms with Gasteiger partial charge in [-0.25, -0.2) is 0 Å². The molecule has 0 unspecified atom stereocenters. The van der Waals surface area contributed by atoms with Crippen molar-refractivity contribution in [3.8, 4) is 11.5 Å². The average Bonchev–Trinajstić information content (AvgIpc) is 2.56. The molecule has 1 atom stereocenters. The summed E-state index contributed by atoms with van der Waals surface area (Å²) < 4.78 is 5.95. The highest BCUT2D eigenvalue weighted by Gasteiger charge is 2.06. The first-order chi connectivity index (χ1) is 11.2. The van der Waals surface area contributed by atoms with E-state index < -0.39 is 0 Å². The molecule has 3 aromatic rings. The van der Waals surface area contributed by atoms with Crippen LogP contribution in [0.25, 0.3) is 10.9 Å². The maximum atomic E-state index is 9.00. The van der Waals surface area contributed by atoms with Crippen LogP contribution in [0.3, 0.4) is 0 Å². The summed E-state index contributed by atoms with van der Waals surface area (Å²) in [5, 5.41) is 10.6. The molecule has 0 saturated carbocycles. The van der Waals surface area contributed by atoms with E-state index in [1.807, 2.05) is 48.5 Å². The SMILES string of the molecule is N[C@H](CO)Cc1ccc(Oc2ccnc3cc(Cl)ccc23)cc1. The van der Waals surface area contributed by atoms with Crippen molar-refractivity contribution in [1.82, 2.24) is 4.98 Å². The van der Waals surface area contributed by atoms with E-state index in [0.29, 0.717) is 11.4 Å². The number of ether oxygens (including phenoxy) is 1. The lowest BCUT2D eigenvalue weighted by Gasteiger charge is -2.11. The van der Waals surface area contributed by atoms with E-state index in [1.54, 1.807) is 6.20 Å². The largest absolute Gasteiger partial charge is 0.457 e. The summed E-state index contributed by atoms with van der Waals surface area (Å²) in [5.41, 5.74) is 7.59. The molecular formula is C18H17ClN2O2. The number of aliphatic hydroxyl groups is 1. The zero-order valence-corrected chi connectivity index (χ0v) is 13.2. The smallest absolute Gasteiger partial charge is 0.138 e. The number of rotatable bonds is 5. The molecule has 3 N–H and O–H groups in total. The van der Waals surface area contributed by atoms with Crippen LogP contribution in [-0.2, 0) is 6.42 Å². The minimum Gasteiger partial charge on any atom is -0.457 e. The molecule has 1 aromatic heterocycles. The lowest BCUT2D eigenvalue weighted by atomic mass is 10.1. The van der Waals surface area contributed by atoms with Gasteiger partial charge in [-0.15, -0.1) is 0 Å². The molecule has 118 valence electrons. The summed E-state index contributed by atoms with van der Waals surface area (Å²) in [6.07, 6.45) is 2.33. The maximum Gasteiger partial charge on any atom is 0.138 e. The predicted molar refractivity (Wildman–Crippen MR) is 92.0 cm³/mol. The fourth-order valence-corrected chi connectivity index (χ4v) is 2.54. The fraction of sp³-hybridized carbons (Fsp3) is 0.167. The summed E-state index contributed by atoms with van der Waals surface area (Å²) in [4.78, 5) is 4.30. The number of hydrogen-bond acceptors (Lipinski definition) is 4. The zero-order chi connectivity index (χ0) is 16.2. The topological polar surface area (TPSA) is 68.4 Å². The van der Waals surface area contributed by atoms with Crippen molar-refractivity contribution in [3.63, 3.8) is 0 Å². The molecule has 0 spiro atoms. The summed E-state index contributed by atoms with van der Waals surface area (Å²) in [5.74, 6) is 1.46. The number of nitrogens with two attached hydrogens (primary N) is 1. The molecule has 2 aromatic carbocycles. The van der Waals surface area contributed by atoms with E-state index >= 15 is 0 Å². The van der Waals surface area contributed by atoms with Crippen molar-refractivity contribution in [2.24, 2.45) is 5.73 Å². The highest BCUT2D eigenvalue weighted by atomic mass is 35.5. The minimum absolute atomic E-state index is 0.0240. The van der Waals surface area contributed by atoms with E-state index in [2.05, 4.69) is 4.98 Å². The molecule has 1 heterocycles. The van der Waals surface area contributed by atoms with Gasteiger partial charge in [-0.05, 0) is 48.4 Å². The predicted octanol–water partition coefficient (Wildman–Crippen LogP) is 3.54. The van der Waals surface area contributed by atoms with Crippen LogP contribution < -0.4 is 10.5 Å². The number of nitrogens with zero attached hydrogens (tertiary/aromatic N) is 1. The Morgan fingerprint density at radius 1 is 1.13 bits per heavy atom. The number of halogens is 1. The van der Waals surface area contributed by atoms with E-state index in [-0.39, 0.29) is 12.6 Å². The van der Waals surface area contributed by atoms with Crippen molar-refractivity contribution < 1.29 is 9.84 Å². The van der Waals surface area contributed by atoms with E-state index in [1.165, 1.54) is 0 Å². The molecular weight excluding hydrogens is 312 g/mol. The highest BCUT2D eigenvalue weighted by molar-refractivity contribution is 6.31. The summed E-state index contributed by atoms with van der Waals surface area (Å²) in [6.45, 7) is -0.0240. The second-order valence-electron chi connectivity index (χ2n) is 5.36. The van der Waals surface area contributed by atoms with Crippen LogP contribution in [0.4, 0.5) is 0 Å². The van der Waals surface area contributed by atoms with Crippen molar-refractivity contribution in [3.05, 3.63) is 65.3 Å². The number of fused-ring (bicyclic) bond motifs is 1. The van der Waals surface area contributed by atoms with Gasteiger partial charge in [0.25, 0.3) is 0 Å². The molecule has 0 amide bonds. The second-order valence-corrected chi connectivity index (χ2v) is 5.80. The highest BCUT2D eigenvalue weighted by Crippen LogP contribution is 2.30. The first kappa shape index (κ1) is 15.7. The lowest BCUT2D eigenvalue weighted by Crippen LogP contribution is -2.26. The molecule has 0 aliphatic rings. The first-order valence-corrected chi connectivity index (χ1v) is 7.71. The van der Waals surface area contributed by atoms with Gasteiger partial charge in [-0.3, -0.25) is 4.98 Å². The van der Waals surface area contributed by atoms with Gasteiger partial charge in [-0.1, -0.05) is 23.7 Å². The fourth-order valence-electron chi connectivity index (χ4n) is 2.37. The molecule has 0 radical (unpaired) electrons. The van der Waals surface area contributed by atoms with Crippen molar-refractivity contribution in [2.45, 2.75) is 12.5 Å². The van der Waals surface area contributed by atoms with Gasteiger partial charge in [0.15, 0.2) is 0 Å². The molecule has 0 saturated heterocycles. The molecule has 3 rings (SSSR count). The van der Waals surface area contributed by atoms with Gasteiger partial charge in [-0.2, -0.15) is 0 Å². The van der Waals surface area contributed by atoms with Crippen LogP contribution in [0.5, 0.6) is 11.5 Å². The second kappa shape index (κ2) is 6.96. The van der Waals surface area contributed by atoms with Gasteiger partial charge in [0.2, 0.25) is 0 Å². The van der Waals surface area contributed by atoms with Crippen LogP contribution in [0.15, 0.2) is 54.7 Å². The van der Waals surface area contributed by atoms with E-state index in [9.17, 15) is 0 Å². The molecule has 0 fully saturated rings. The molecule has 0 aliphatic carbocycles. The Morgan fingerprint density at radius 3 is 2.65 bits per heavy atom. The molecule has 0 aliphatic heterocycles.